The smallest absolute Gasteiger partial charge is 0.287 e. The third-order valence-corrected chi connectivity index (χ3v) is 5.64. The van der Waals surface area contributed by atoms with Crippen LogP contribution in [0.2, 0.25) is 0 Å². The minimum atomic E-state index is -0.507. The fraction of sp³-hybridized carbons (Fsp3) is 0.381. The van der Waals surface area contributed by atoms with Crippen molar-refractivity contribution in [3.05, 3.63) is 58.3 Å². The maximum Gasteiger partial charge on any atom is 0.287 e. The Bertz CT molecular complexity index is 952. The summed E-state index contributed by atoms with van der Waals surface area (Å²) in [5.74, 6) is 0.314. The van der Waals surface area contributed by atoms with Gasteiger partial charge in [0.15, 0.2) is 0 Å². The summed E-state index contributed by atoms with van der Waals surface area (Å²) in [6, 6.07) is 10.1. The molecule has 4 rings (SSSR count). The van der Waals surface area contributed by atoms with Crippen molar-refractivity contribution < 1.29 is 14.5 Å². The predicted octanol–water partition coefficient (Wildman–Crippen LogP) is 2.19. The van der Waals surface area contributed by atoms with E-state index in [1.54, 1.807) is 18.2 Å². The van der Waals surface area contributed by atoms with Crippen LogP contribution in [0.25, 0.3) is 0 Å². The molecule has 2 aliphatic heterocycles. The third-order valence-electron chi connectivity index (χ3n) is 5.64. The van der Waals surface area contributed by atoms with Crippen LogP contribution in [0.15, 0.2) is 42.6 Å². The summed E-state index contributed by atoms with van der Waals surface area (Å²) in [6.07, 6.45) is 3.02. The number of imide groups is 1. The van der Waals surface area contributed by atoms with Gasteiger partial charge < -0.3 is 10.2 Å². The molecule has 30 heavy (non-hydrogen) atoms. The number of pyridine rings is 1. The monoisotopic (exact) mass is 409 g/mol. The molecule has 0 unspecified atom stereocenters. The van der Waals surface area contributed by atoms with E-state index in [4.69, 9.17) is 0 Å². The van der Waals surface area contributed by atoms with Crippen molar-refractivity contribution in [3.8, 4) is 0 Å². The van der Waals surface area contributed by atoms with Crippen LogP contribution >= 0.6 is 0 Å². The number of anilines is 2. The Balaban J connectivity index is 1.34. The van der Waals surface area contributed by atoms with Crippen LogP contribution in [0, 0.1) is 17.0 Å². The van der Waals surface area contributed by atoms with Gasteiger partial charge in [-0.2, -0.15) is 0 Å². The molecule has 9 nitrogen and oxygen atoms in total. The molecule has 2 fully saturated rings. The van der Waals surface area contributed by atoms with Crippen molar-refractivity contribution >= 4 is 29.0 Å². The lowest BCUT2D eigenvalue weighted by Crippen LogP contribution is -2.49. The SMILES string of the molecule is Cc1ccc(N2C(=O)C[C@H](NC3CCN(c4ccc([N+](=O)[O-])cn4)CC3)C2=O)cc1. The number of carbonyl (C=O) groups is 2. The van der Waals surface area contributed by atoms with Crippen LogP contribution in [-0.4, -0.2) is 46.9 Å². The Morgan fingerprint density at radius 3 is 2.40 bits per heavy atom. The molecule has 3 heterocycles. The molecule has 1 aromatic heterocycles. The van der Waals surface area contributed by atoms with Crippen LogP contribution in [0.3, 0.4) is 0 Å². The highest BCUT2D eigenvalue weighted by Gasteiger charge is 2.40. The number of nitrogens with zero attached hydrogens (tertiary/aromatic N) is 4. The van der Waals surface area contributed by atoms with E-state index in [1.165, 1.54) is 17.2 Å². The number of amides is 2. The number of aromatic nitrogens is 1. The molecule has 1 aromatic carbocycles. The van der Waals surface area contributed by atoms with E-state index in [0.29, 0.717) is 11.5 Å². The van der Waals surface area contributed by atoms with E-state index >= 15 is 0 Å². The van der Waals surface area contributed by atoms with E-state index in [2.05, 4.69) is 15.2 Å². The van der Waals surface area contributed by atoms with Crippen molar-refractivity contribution in [3.63, 3.8) is 0 Å². The minimum Gasteiger partial charge on any atom is -0.356 e. The molecule has 2 aromatic rings. The summed E-state index contributed by atoms with van der Waals surface area (Å²) >= 11 is 0. The van der Waals surface area contributed by atoms with E-state index < -0.39 is 11.0 Å². The zero-order valence-electron chi connectivity index (χ0n) is 16.7. The van der Waals surface area contributed by atoms with E-state index in [1.807, 2.05) is 19.1 Å². The third kappa shape index (κ3) is 4.02. The number of rotatable bonds is 5. The van der Waals surface area contributed by atoms with Gasteiger partial charge in [-0.25, -0.2) is 9.88 Å². The Morgan fingerprint density at radius 1 is 1.10 bits per heavy atom. The van der Waals surface area contributed by atoms with Crippen LogP contribution < -0.4 is 15.1 Å². The molecule has 0 aliphatic carbocycles. The standard InChI is InChI=1S/C21H23N5O4/c1-14-2-4-16(5-3-14)25-20(27)12-18(21(25)28)23-15-8-10-24(11-9-15)19-7-6-17(13-22-19)26(29)30/h2-7,13,15,18,23H,8-12H2,1H3/t18-/m0/s1. The van der Waals surface area contributed by atoms with Gasteiger partial charge in [0, 0.05) is 25.2 Å². The van der Waals surface area contributed by atoms with Crippen molar-refractivity contribution in [1.82, 2.24) is 10.3 Å². The number of hydrogen-bond acceptors (Lipinski definition) is 7. The predicted molar refractivity (Wildman–Crippen MR) is 111 cm³/mol. The first-order valence-electron chi connectivity index (χ1n) is 9.97. The first-order valence-corrected chi connectivity index (χ1v) is 9.97. The molecule has 9 heteroatoms. The number of hydrogen-bond donors (Lipinski definition) is 1. The van der Waals surface area contributed by atoms with Crippen molar-refractivity contribution in [2.24, 2.45) is 0 Å². The Labute approximate surface area is 173 Å². The van der Waals surface area contributed by atoms with Gasteiger partial charge in [-0.1, -0.05) is 17.7 Å². The Hall–Kier alpha value is -3.33. The van der Waals surface area contributed by atoms with E-state index in [-0.39, 0.29) is 30.0 Å². The molecule has 1 N–H and O–H groups in total. The fourth-order valence-electron chi connectivity index (χ4n) is 3.96. The normalized spacial score (nSPS) is 20.1. The fourth-order valence-corrected chi connectivity index (χ4v) is 3.96. The average molecular weight is 409 g/mol. The van der Waals surface area contributed by atoms with Crippen LogP contribution in [0.4, 0.5) is 17.2 Å². The highest BCUT2D eigenvalue weighted by Crippen LogP contribution is 2.25. The highest BCUT2D eigenvalue weighted by atomic mass is 16.6. The zero-order chi connectivity index (χ0) is 21.3. The maximum absolute atomic E-state index is 12.8. The van der Waals surface area contributed by atoms with Crippen LogP contribution in [0.1, 0.15) is 24.8 Å². The summed E-state index contributed by atoms with van der Waals surface area (Å²) in [5.41, 5.74) is 1.65. The molecule has 0 bridgehead atoms. The number of nitro groups is 1. The highest BCUT2D eigenvalue weighted by molar-refractivity contribution is 6.22. The topological polar surface area (TPSA) is 109 Å². The van der Waals surface area contributed by atoms with Gasteiger partial charge in [-0.05, 0) is 38.0 Å². The molecular weight excluding hydrogens is 386 g/mol. The first kappa shape index (κ1) is 20.0. The van der Waals surface area contributed by atoms with Gasteiger partial charge >= 0.3 is 0 Å². The molecule has 2 amide bonds. The molecular formula is C21H23N5O4. The number of piperidine rings is 1. The second-order valence-electron chi connectivity index (χ2n) is 7.72. The summed E-state index contributed by atoms with van der Waals surface area (Å²) in [7, 11) is 0. The number of carbonyl (C=O) groups excluding carboxylic acids is 2. The summed E-state index contributed by atoms with van der Waals surface area (Å²) in [4.78, 5) is 43.1. The molecule has 0 radical (unpaired) electrons. The van der Waals surface area contributed by atoms with Gasteiger partial charge in [-0.3, -0.25) is 19.7 Å². The summed E-state index contributed by atoms with van der Waals surface area (Å²) in [5, 5.41) is 14.1. The minimum absolute atomic E-state index is 0.0298. The lowest BCUT2D eigenvalue weighted by molar-refractivity contribution is -0.385. The van der Waals surface area contributed by atoms with Gasteiger partial charge in [0.05, 0.1) is 23.1 Å². The number of aryl methyl sites for hydroxylation is 1. The van der Waals surface area contributed by atoms with Crippen molar-refractivity contribution in [2.45, 2.75) is 38.3 Å². The summed E-state index contributed by atoms with van der Waals surface area (Å²) < 4.78 is 0. The van der Waals surface area contributed by atoms with Gasteiger partial charge in [0.25, 0.3) is 11.6 Å². The second kappa shape index (κ2) is 8.19. The quantitative estimate of drug-likeness (QED) is 0.458. The lowest BCUT2D eigenvalue weighted by Gasteiger charge is -2.34. The van der Waals surface area contributed by atoms with Gasteiger partial charge in [0.1, 0.15) is 12.0 Å². The first-order chi connectivity index (χ1) is 14.4. The van der Waals surface area contributed by atoms with Gasteiger partial charge in [-0.15, -0.1) is 0 Å². The van der Waals surface area contributed by atoms with E-state index in [9.17, 15) is 19.7 Å². The molecule has 156 valence electrons. The molecule has 0 saturated carbocycles. The second-order valence-corrected chi connectivity index (χ2v) is 7.72. The maximum atomic E-state index is 12.8. The van der Waals surface area contributed by atoms with Gasteiger partial charge in [0.2, 0.25) is 5.91 Å². The average Bonchev–Trinajstić information content (AvgIpc) is 3.02. The zero-order valence-corrected chi connectivity index (χ0v) is 16.7. The van der Waals surface area contributed by atoms with E-state index in [0.717, 1.165) is 31.5 Å². The largest absolute Gasteiger partial charge is 0.356 e. The van der Waals surface area contributed by atoms with Crippen LogP contribution in [-0.2, 0) is 9.59 Å². The molecule has 1 atom stereocenters. The summed E-state index contributed by atoms with van der Waals surface area (Å²) in [6.45, 7) is 3.40. The number of nitrogens with one attached hydrogen (secondary N) is 1. The Kier molecular flexibility index (Phi) is 5.45. The molecule has 2 aliphatic rings. The Morgan fingerprint density at radius 2 is 1.80 bits per heavy atom. The molecule has 0 spiro atoms. The lowest BCUT2D eigenvalue weighted by atomic mass is 10.0. The number of benzene rings is 1. The van der Waals surface area contributed by atoms with Crippen LogP contribution in [0.5, 0.6) is 0 Å². The van der Waals surface area contributed by atoms with Crippen molar-refractivity contribution in [1.29, 1.82) is 0 Å². The molecule has 2 saturated heterocycles. The van der Waals surface area contributed by atoms with Crippen molar-refractivity contribution in [2.75, 3.05) is 22.9 Å².